The van der Waals surface area contributed by atoms with Gasteiger partial charge in [-0.2, -0.15) is 10.3 Å². The second-order valence-electron chi connectivity index (χ2n) is 6.28. The molecule has 0 unspecified atom stereocenters. The minimum absolute atomic E-state index is 0.187. The van der Waals surface area contributed by atoms with Crippen LogP contribution in [0.3, 0.4) is 0 Å². The first-order chi connectivity index (χ1) is 13.5. The number of carbonyl (C=O) groups is 1. The lowest BCUT2D eigenvalue weighted by molar-refractivity contribution is -0.114. The van der Waals surface area contributed by atoms with Crippen LogP contribution in [0.4, 0.5) is 0 Å². The molecule has 2 aromatic heterocycles. The molecule has 0 atom stereocenters. The van der Waals surface area contributed by atoms with Gasteiger partial charge in [0.05, 0.1) is 16.5 Å². The van der Waals surface area contributed by atoms with Gasteiger partial charge in [-0.25, -0.2) is 0 Å². The van der Waals surface area contributed by atoms with Crippen LogP contribution in [-0.4, -0.2) is 14.9 Å². The third-order valence-electron chi connectivity index (χ3n) is 4.42. The van der Waals surface area contributed by atoms with Crippen molar-refractivity contribution in [3.05, 3.63) is 76.1 Å². The summed E-state index contributed by atoms with van der Waals surface area (Å²) < 4.78 is 8.16. The summed E-state index contributed by atoms with van der Waals surface area (Å²) in [7, 11) is 0. The van der Waals surface area contributed by atoms with Gasteiger partial charge in [0.2, 0.25) is 0 Å². The topological polar surface area (TPSA) is 62.2 Å². The van der Waals surface area contributed by atoms with Crippen molar-refractivity contribution in [3.63, 3.8) is 0 Å². The SMILES string of the molecule is Cc1ccc(C)n1N1C(=O)/C(=C\c2ccc(-c3ccccc3C#N)o2)SC1=S. The Balaban J connectivity index is 1.66. The number of thioether (sulfide) groups is 1. The molecule has 1 saturated heterocycles. The molecule has 5 nitrogen and oxygen atoms in total. The van der Waals surface area contributed by atoms with E-state index in [0.29, 0.717) is 26.3 Å². The van der Waals surface area contributed by atoms with Crippen molar-refractivity contribution in [1.82, 2.24) is 4.68 Å². The van der Waals surface area contributed by atoms with Crippen LogP contribution in [-0.2, 0) is 4.79 Å². The monoisotopic (exact) mass is 405 g/mol. The molecular weight excluding hydrogens is 390 g/mol. The molecule has 0 saturated carbocycles. The molecule has 0 N–H and O–H groups in total. The van der Waals surface area contributed by atoms with Crippen LogP contribution in [0.5, 0.6) is 0 Å². The summed E-state index contributed by atoms with van der Waals surface area (Å²) in [6, 6.07) is 16.9. The third-order valence-corrected chi connectivity index (χ3v) is 5.70. The summed E-state index contributed by atoms with van der Waals surface area (Å²) in [5.41, 5.74) is 3.12. The number of hydrogen-bond donors (Lipinski definition) is 0. The van der Waals surface area contributed by atoms with E-state index in [9.17, 15) is 10.1 Å². The minimum atomic E-state index is -0.187. The molecule has 1 amide bonds. The Morgan fingerprint density at radius 3 is 2.54 bits per heavy atom. The van der Waals surface area contributed by atoms with Crippen LogP contribution < -0.4 is 5.01 Å². The van der Waals surface area contributed by atoms with Gasteiger partial charge in [0.15, 0.2) is 4.32 Å². The second kappa shape index (κ2) is 7.15. The number of benzene rings is 1. The Morgan fingerprint density at radius 2 is 1.82 bits per heavy atom. The number of thiocarbonyl (C=S) groups is 1. The van der Waals surface area contributed by atoms with Crippen molar-refractivity contribution in [2.45, 2.75) is 13.8 Å². The molecule has 0 aliphatic carbocycles. The normalized spacial score (nSPS) is 15.5. The first kappa shape index (κ1) is 18.3. The molecule has 1 aliphatic heterocycles. The van der Waals surface area contributed by atoms with Crippen molar-refractivity contribution < 1.29 is 9.21 Å². The predicted octanol–water partition coefficient (Wildman–Crippen LogP) is 4.77. The number of hydrogen-bond acceptors (Lipinski definition) is 5. The fraction of sp³-hybridized carbons (Fsp3) is 0.0952. The molecule has 1 aromatic carbocycles. The number of aromatic nitrogens is 1. The number of amides is 1. The molecule has 0 radical (unpaired) electrons. The average molecular weight is 406 g/mol. The summed E-state index contributed by atoms with van der Waals surface area (Å²) >= 11 is 6.67. The number of nitrogens with zero attached hydrogens (tertiary/aromatic N) is 3. The van der Waals surface area contributed by atoms with E-state index in [1.54, 1.807) is 24.3 Å². The number of furan rings is 1. The summed E-state index contributed by atoms with van der Waals surface area (Å²) in [6.07, 6.45) is 1.69. The number of nitriles is 1. The molecule has 0 spiro atoms. The van der Waals surface area contributed by atoms with Gasteiger partial charge < -0.3 is 4.42 Å². The predicted molar refractivity (Wildman–Crippen MR) is 114 cm³/mol. The van der Waals surface area contributed by atoms with E-state index < -0.39 is 0 Å². The number of carbonyl (C=O) groups excluding carboxylic acids is 1. The van der Waals surface area contributed by atoms with Gasteiger partial charge in [0, 0.05) is 23.0 Å². The fourth-order valence-electron chi connectivity index (χ4n) is 3.11. The summed E-state index contributed by atoms with van der Waals surface area (Å²) in [5, 5.41) is 10.8. The maximum absolute atomic E-state index is 12.9. The van der Waals surface area contributed by atoms with Gasteiger partial charge in [-0.05, 0) is 62.5 Å². The van der Waals surface area contributed by atoms with Crippen LogP contribution in [0, 0.1) is 25.2 Å². The van der Waals surface area contributed by atoms with E-state index in [1.165, 1.54) is 16.8 Å². The highest BCUT2D eigenvalue weighted by Crippen LogP contribution is 2.34. The van der Waals surface area contributed by atoms with Gasteiger partial charge in [-0.1, -0.05) is 23.9 Å². The van der Waals surface area contributed by atoms with Crippen molar-refractivity contribution in [3.8, 4) is 17.4 Å². The van der Waals surface area contributed by atoms with Gasteiger partial charge in [-0.3, -0.25) is 9.47 Å². The standard InChI is InChI=1S/C21H15N3O2S2/c1-13-7-8-14(2)23(13)24-20(25)19(28-21(24)27)11-16-9-10-18(26-16)17-6-4-3-5-15(17)12-22/h3-11H,1-2H3/b19-11+. The quantitative estimate of drug-likeness (QED) is 0.464. The van der Waals surface area contributed by atoms with Crippen LogP contribution in [0.15, 0.2) is 57.9 Å². The van der Waals surface area contributed by atoms with Crippen molar-refractivity contribution >= 4 is 40.3 Å². The van der Waals surface area contributed by atoms with Gasteiger partial charge >= 0.3 is 0 Å². The van der Waals surface area contributed by atoms with Gasteiger partial charge in [0.25, 0.3) is 5.91 Å². The molecule has 1 aliphatic rings. The van der Waals surface area contributed by atoms with Crippen LogP contribution in [0.25, 0.3) is 17.4 Å². The van der Waals surface area contributed by atoms with Crippen LogP contribution >= 0.6 is 24.0 Å². The molecule has 7 heteroatoms. The van der Waals surface area contributed by atoms with Crippen molar-refractivity contribution in [2.24, 2.45) is 0 Å². The summed E-state index contributed by atoms with van der Waals surface area (Å²) in [5.74, 6) is 0.924. The highest BCUT2D eigenvalue weighted by atomic mass is 32.2. The lowest BCUT2D eigenvalue weighted by Crippen LogP contribution is -2.39. The summed E-state index contributed by atoms with van der Waals surface area (Å²) in [6.45, 7) is 3.86. The second-order valence-corrected chi connectivity index (χ2v) is 7.96. The van der Waals surface area contributed by atoms with Crippen LogP contribution in [0.1, 0.15) is 22.7 Å². The molecule has 4 rings (SSSR count). The molecule has 28 heavy (non-hydrogen) atoms. The van der Waals surface area contributed by atoms with Gasteiger partial charge in [-0.15, -0.1) is 0 Å². The Hall–Kier alpha value is -3.08. The zero-order valence-corrected chi connectivity index (χ0v) is 16.8. The fourth-order valence-corrected chi connectivity index (χ4v) is 4.33. The van der Waals surface area contributed by atoms with Crippen molar-refractivity contribution in [2.75, 3.05) is 5.01 Å². The van der Waals surface area contributed by atoms with Gasteiger partial charge in [0.1, 0.15) is 11.5 Å². The van der Waals surface area contributed by atoms with E-state index in [2.05, 4.69) is 6.07 Å². The average Bonchev–Trinajstić information content (AvgIpc) is 3.35. The lowest BCUT2D eigenvalue weighted by Gasteiger charge is -2.20. The van der Waals surface area contributed by atoms with E-state index in [4.69, 9.17) is 16.6 Å². The zero-order chi connectivity index (χ0) is 19.8. The van der Waals surface area contributed by atoms with Crippen LogP contribution in [0.2, 0.25) is 0 Å². The van der Waals surface area contributed by atoms with Crippen molar-refractivity contribution in [1.29, 1.82) is 5.26 Å². The van der Waals surface area contributed by atoms with E-state index in [-0.39, 0.29) is 5.91 Å². The Morgan fingerprint density at radius 1 is 1.11 bits per heavy atom. The highest BCUT2D eigenvalue weighted by Gasteiger charge is 2.35. The van der Waals surface area contributed by atoms with E-state index >= 15 is 0 Å². The van der Waals surface area contributed by atoms with E-state index in [1.807, 2.05) is 48.9 Å². The minimum Gasteiger partial charge on any atom is -0.457 e. The van der Waals surface area contributed by atoms with E-state index in [0.717, 1.165) is 17.0 Å². The molecule has 1 fully saturated rings. The Labute approximate surface area is 171 Å². The number of aryl methyl sites for hydroxylation is 2. The largest absolute Gasteiger partial charge is 0.457 e. The highest BCUT2D eigenvalue weighted by molar-refractivity contribution is 8.27. The maximum atomic E-state index is 12.9. The molecule has 138 valence electrons. The lowest BCUT2D eigenvalue weighted by atomic mass is 10.1. The molecule has 0 bridgehead atoms. The Bertz CT molecular complexity index is 1160. The first-order valence-corrected chi connectivity index (χ1v) is 9.74. The first-order valence-electron chi connectivity index (χ1n) is 8.52. The molecular formula is C21H15N3O2S2. The zero-order valence-electron chi connectivity index (χ0n) is 15.2. The molecule has 3 aromatic rings. The summed E-state index contributed by atoms with van der Waals surface area (Å²) in [4.78, 5) is 13.4. The smallest absolute Gasteiger partial charge is 0.285 e. The molecule has 3 heterocycles. The third kappa shape index (κ3) is 3.07. The Kier molecular flexibility index (Phi) is 4.67. The number of rotatable bonds is 3. The maximum Gasteiger partial charge on any atom is 0.285 e.